The molecule has 39 heavy (non-hydrogen) atoms. The highest BCUT2D eigenvalue weighted by Crippen LogP contribution is 2.32. The fraction of sp³-hybridized carbons (Fsp3) is 0.542. The number of aryl methyl sites for hydroxylation is 1. The van der Waals surface area contributed by atoms with Gasteiger partial charge in [0.05, 0.1) is 32.0 Å². The number of fused-ring (bicyclic) bond motifs is 1. The Balaban J connectivity index is 0.000000317. The summed E-state index contributed by atoms with van der Waals surface area (Å²) in [6, 6.07) is 8.61. The molecule has 4 rings (SSSR count). The zero-order valence-electron chi connectivity index (χ0n) is 20.7. The number of aliphatic carboxylic acids is 2. The minimum Gasteiger partial charge on any atom is -0.475 e. The van der Waals surface area contributed by atoms with Crippen LogP contribution in [0.1, 0.15) is 36.3 Å². The lowest BCUT2D eigenvalue weighted by molar-refractivity contribution is -0.193. The first-order chi connectivity index (χ1) is 18.2. The molecule has 15 heteroatoms. The van der Waals surface area contributed by atoms with Gasteiger partial charge in [-0.1, -0.05) is 6.07 Å². The number of likely N-dealkylation sites (tertiary alicyclic amines) is 1. The smallest absolute Gasteiger partial charge is 0.475 e. The average molecular weight is 570 g/mol. The van der Waals surface area contributed by atoms with Crippen LogP contribution in [0, 0.1) is 6.92 Å². The van der Waals surface area contributed by atoms with Gasteiger partial charge in [-0.25, -0.2) is 9.59 Å². The molecule has 0 radical (unpaired) electrons. The summed E-state index contributed by atoms with van der Waals surface area (Å²) >= 11 is 0. The van der Waals surface area contributed by atoms with Gasteiger partial charge >= 0.3 is 24.3 Å². The molecule has 3 atom stereocenters. The topological polar surface area (TPSA) is 122 Å². The third-order valence-corrected chi connectivity index (χ3v) is 5.69. The minimum absolute atomic E-state index is 0.212. The Bertz CT molecular complexity index is 1020. The number of hydrogen-bond acceptors (Lipinski definition) is 7. The predicted molar refractivity (Wildman–Crippen MR) is 121 cm³/mol. The quantitative estimate of drug-likeness (QED) is 0.481. The molecule has 0 aromatic carbocycles. The van der Waals surface area contributed by atoms with Crippen LogP contribution in [-0.4, -0.2) is 75.8 Å². The van der Waals surface area contributed by atoms with E-state index in [9.17, 15) is 26.3 Å². The summed E-state index contributed by atoms with van der Waals surface area (Å²) in [6.07, 6.45) is -2.66. The number of hydrogen-bond donors (Lipinski definition) is 2. The molecule has 2 fully saturated rings. The maximum atomic E-state index is 10.6. The van der Waals surface area contributed by atoms with E-state index in [0.29, 0.717) is 25.4 Å². The highest BCUT2D eigenvalue weighted by Gasteiger charge is 2.40. The number of furan rings is 1. The number of rotatable bonds is 6. The molecular formula is C24H28F6N2O7. The van der Waals surface area contributed by atoms with Gasteiger partial charge in [-0.3, -0.25) is 9.88 Å². The number of ether oxygens (including phenoxy) is 2. The normalized spacial score (nSPS) is 21.2. The van der Waals surface area contributed by atoms with E-state index in [1.165, 1.54) is 6.42 Å². The first-order valence-corrected chi connectivity index (χ1v) is 11.7. The molecule has 2 saturated heterocycles. The predicted octanol–water partition coefficient (Wildman–Crippen LogP) is 4.59. The van der Waals surface area contributed by atoms with Crippen molar-refractivity contribution in [3.8, 4) is 0 Å². The molecule has 2 aliphatic heterocycles. The maximum absolute atomic E-state index is 10.6. The molecular weight excluding hydrogens is 542 g/mol. The highest BCUT2D eigenvalue weighted by molar-refractivity contribution is 5.73. The second kappa shape index (κ2) is 14.3. The number of aromatic nitrogens is 1. The Labute approximate surface area is 219 Å². The lowest BCUT2D eigenvalue weighted by atomic mass is 9.99. The summed E-state index contributed by atoms with van der Waals surface area (Å²) in [4.78, 5) is 24.4. The largest absolute Gasteiger partial charge is 0.490 e. The lowest BCUT2D eigenvalue weighted by Gasteiger charge is -2.35. The zero-order chi connectivity index (χ0) is 29.2. The van der Waals surface area contributed by atoms with Gasteiger partial charge in [-0.15, -0.1) is 0 Å². The molecule has 2 aliphatic rings. The molecule has 9 nitrogen and oxygen atoms in total. The van der Waals surface area contributed by atoms with Crippen LogP contribution >= 0.6 is 0 Å². The van der Waals surface area contributed by atoms with Crippen LogP contribution in [0.4, 0.5) is 26.3 Å². The standard InChI is InChI=1S/C20H26N2O3.2C2HF3O2/c1-15-4-5-17(24-15)12-22-10-8-20-19(22)7-6-18(25-20)14-23-13-16-3-2-9-21-11-16;2*3-2(4,5)1(6)7/h2-5,9,11,18-20H,6-8,10,12-14H2,1H3;2*(H,6,7)/t18-,19+,20+;;/m1../s1. The summed E-state index contributed by atoms with van der Waals surface area (Å²) < 4.78 is 81.4. The van der Waals surface area contributed by atoms with Gasteiger partial charge in [-0.2, -0.15) is 26.3 Å². The number of carbonyl (C=O) groups is 2. The number of pyridine rings is 1. The summed E-state index contributed by atoms with van der Waals surface area (Å²) in [5.41, 5.74) is 1.11. The number of carboxylic acid groups (broad SMARTS) is 2. The molecule has 2 aromatic heterocycles. The molecule has 218 valence electrons. The molecule has 0 bridgehead atoms. The van der Waals surface area contributed by atoms with Gasteiger partial charge in [0, 0.05) is 25.0 Å². The van der Waals surface area contributed by atoms with Gasteiger partial charge < -0.3 is 24.1 Å². The molecule has 4 heterocycles. The maximum Gasteiger partial charge on any atom is 0.490 e. The number of alkyl halides is 6. The first kappa shape index (κ1) is 32.0. The Morgan fingerprint density at radius 3 is 2.21 bits per heavy atom. The van der Waals surface area contributed by atoms with Crippen LogP contribution < -0.4 is 0 Å². The van der Waals surface area contributed by atoms with Crippen molar-refractivity contribution >= 4 is 11.9 Å². The van der Waals surface area contributed by atoms with Crippen LogP contribution in [0.5, 0.6) is 0 Å². The Kier molecular flexibility index (Phi) is 11.7. The van der Waals surface area contributed by atoms with E-state index in [1.807, 2.05) is 31.3 Å². The molecule has 0 amide bonds. The minimum atomic E-state index is -5.08. The highest BCUT2D eigenvalue weighted by atomic mass is 19.4. The number of carboxylic acids is 2. The van der Waals surface area contributed by atoms with Gasteiger partial charge in [0.15, 0.2) is 0 Å². The second-order valence-electron chi connectivity index (χ2n) is 8.69. The first-order valence-electron chi connectivity index (χ1n) is 11.7. The van der Waals surface area contributed by atoms with Crippen LogP contribution in [-0.2, 0) is 32.2 Å². The average Bonchev–Trinajstić information content (AvgIpc) is 3.45. The Morgan fingerprint density at radius 1 is 1.05 bits per heavy atom. The molecule has 0 aliphatic carbocycles. The van der Waals surface area contributed by atoms with Crippen LogP contribution in [0.2, 0.25) is 0 Å². The zero-order valence-corrected chi connectivity index (χ0v) is 20.7. The van der Waals surface area contributed by atoms with Crippen molar-refractivity contribution in [2.45, 2.75) is 69.9 Å². The Hall–Kier alpha value is -3.17. The summed E-state index contributed by atoms with van der Waals surface area (Å²) in [5, 5.41) is 14.2. The van der Waals surface area contributed by atoms with Crippen LogP contribution in [0.15, 0.2) is 41.1 Å². The van der Waals surface area contributed by atoms with E-state index in [1.54, 1.807) is 6.20 Å². The van der Waals surface area contributed by atoms with Crippen molar-refractivity contribution in [1.29, 1.82) is 0 Å². The van der Waals surface area contributed by atoms with Crippen LogP contribution in [0.25, 0.3) is 0 Å². The number of nitrogens with zero attached hydrogens (tertiary/aromatic N) is 2. The SMILES string of the molecule is Cc1ccc(CN2CC[C@@H]3O[C@@H](COCc4cccnc4)CC[C@@H]32)o1.O=C(O)C(F)(F)F.O=C(O)C(F)(F)F. The van der Waals surface area contributed by atoms with Gasteiger partial charge in [-0.05, 0) is 49.9 Å². The van der Waals surface area contributed by atoms with Crippen LogP contribution in [0.3, 0.4) is 0 Å². The monoisotopic (exact) mass is 570 g/mol. The summed E-state index contributed by atoms with van der Waals surface area (Å²) in [5.74, 6) is -3.48. The van der Waals surface area contributed by atoms with E-state index in [4.69, 9.17) is 33.7 Å². The van der Waals surface area contributed by atoms with Gasteiger partial charge in [0.25, 0.3) is 0 Å². The van der Waals surface area contributed by atoms with Crippen molar-refractivity contribution < 1.29 is 60.0 Å². The third-order valence-electron chi connectivity index (χ3n) is 5.69. The van der Waals surface area contributed by atoms with E-state index in [-0.39, 0.29) is 6.10 Å². The molecule has 0 spiro atoms. The summed E-state index contributed by atoms with van der Waals surface area (Å²) in [6.45, 7) is 5.23. The van der Waals surface area contributed by atoms with E-state index in [2.05, 4.69) is 16.0 Å². The van der Waals surface area contributed by atoms with Gasteiger partial charge in [0.2, 0.25) is 0 Å². The van der Waals surface area contributed by atoms with E-state index >= 15 is 0 Å². The number of halogens is 6. The molecule has 2 N–H and O–H groups in total. The van der Waals surface area contributed by atoms with Crippen molar-refractivity contribution in [1.82, 2.24) is 9.88 Å². The lowest BCUT2D eigenvalue weighted by Crippen LogP contribution is -2.43. The van der Waals surface area contributed by atoms with E-state index < -0.39 is 24.3 Å². The second-order valence-corrected chi connectivity index (χ2v) is 8.69. The van der Waals surface area contributed by atoms with Crippen molar-refractivity contribution in [3.63, 3.8) is 0 Å². The summed E-state index contributed by atoms with van der Waals surface area (Å²) in [7, 11) is 0. The fourth-order valence-corrected chi connectivity index (χ4v) is 3.97. The molecule has 0 unspecified atom stereocenters. The van der Waals surface area contributed by atoms with E-state index in [0.717, 1.165) is 43.0 Å². The van der Waals surface area contributed by atoms with Crippen molar-refractivity contribution in [2.75, 3.05) is 13.2 Å². The van der Waals surface area contributed by atoms with Gasteiger partial charge in [0.1, 0.15) is 11.5 Å². The van der Waals surface area contributed by atoms with Crippen molar-refractivity contribution in [3.05, 3.63) is 53.7 Å². The third kappa shape index (κ3) is 11.2. The molecule has 0 saturated carbocycles. The molecule has 2 aromatic rings. The Morgan fingerprint density at radius 2 is 1.69 bits per heavy atom. The fourth-order valence-electron chi connectivity index (χ4n) is 3.97. The van der Waals surface area contributed by atoms with Crippen molar-refractivity contribution in [2.24, 2.45) is 0 Å².